The SMILES string of the molecule is C=CCNC(=O)C(C#N)=Cc1ccc(Cl)cc1Cl. The lowest BCUT2D eigenvalue weighted by atomic mass is 10.1. The van der Waals surface area contributed by atoms with Gasteiger partial charge in [0.2, 0.25) is 0 Å². The second-order valence-electron chi connectivity index (χ2n) is 3.33. The van der Waals surface area contributed by atoms with Gasteiger partial charge in [-0.25, -0.2) is 0 Å². The van der Waals surface area contributed by atoms with Gasteiger partial charge < -0.3 is 5.32 Å². The lowest BCUT2D eigenvalue weighted by Crippen LogP contribution is -2.24. The molecule has 0 bridgehead atoms. The third-order valence-electron chi connectivity index (χ3n) is 2.03. The smallest absolute Gasteiger partial charge is 0.262 e. The van der Waals surface area contributed by atoms with E-state index in [1.54, 1.807) is 18.2 Å². The highest BCUT2D eigenvalue weighted by Gasteiger charge is 2.08. The number of halogens is 2. The predicted molar refractivity (Wildman–Crippen MR) is 73.3 cm³/mol. The summed E-state index contributed by atoms with van der Waals surface area (Å²) in [6, 6.07) is 6.65. The fourth-order valence-electron chi connectivity index (χ4n) is 1.18. The monoisotopic (exact) mass is 280 g/mol. The lowest BCUT2D eigenvalue weighted by molar-refractivity contribution is -0.116. The number of rotatable bonds is 4. The zero-order valence-corrected chi connectivity index (χ0v) is 10.9. The maximum Gasteiger partial charge on any atom is 0.262 e. The topological polar surface area (TPSA) is 52.9 Å². The van der Waals surface area contributed by atoms with E-state index in [9.17, 15) is 4.79 Å². The fourth-order valence-corrected chi connectivity index (χ4v) is 1.65. The Labute approximate surface area is 115 Å². The fraction of sp³-hybridized carbons (Fsp3) is 0.0769. The number of hydrogen-bond acceptors (Lipinski definition) is 2. The first-order valence-corrected chi connectivity index (χ1v) is 5.80. The van der Waals surface area contributed by atoms with Crippen molar-refractivity contribution in [2.24, 2.45) is 0 Å². The molecule has 0 aliphatic heterocycles. The van der Waals surface area contributed by atoms with Crippen LogP contribution >= 0.6 is 23.2 Å². The molecule has 0 heterocycles. The molecule has 3 nitrogen and oxygen atoms in total. The summed E-state index contributed by atoms with van der Waals surface area (Å²) in [5.41, 5.74) is 0.535. The highest BCUT2D eigenvalue weighted by molar-refractivity contribution is 6.35. The van der Waals surface area contributed by atoms with E-state index in [4.69, 9.17) is 28.5 Å². The van der Waals surface area contributed by atoms with Crippen LogP contribution in [0.4, 0.5) is 0 Å². The van der Waals surface area contributed by atoms with Crippen molar-refractivity contribution in [2.75, 3.05) is 6.54 Å². The van der Waals surface area contributed by atoms with Gasteiger partial charge in [-0.15, -0.1) is 6.58 Å². The Morgan fingerprint density at radius 3 is 2.78 bits per heavy atom. The van der Waals surface area contributed by atoms with Gasteiger partial charge in [-0.1, -0.05) is 35.3 Å². The van der Waals surface area contributed by atoms with Gasteiger partial charge in [0.05, 0.1) is 0 Å². The molecule has 0 atom stereocenters. The molecule has 0 aromatic heterocycles. The molecule has 0 fully saturated rings. The molecule has 1 N–H and O–H groups in total. The van der Waals surface area contributed by atoms with Crippen molar-refractivity contribution in [3.8, 4) is 6.07 Å². The number of carbonyl (C=O) groups excluding carboxylic acids is 1. The molecule has 1 amide bonds. The minimum Gasteiger partial charge on any atom is -0.348 e. The van der Waals surface area contributed by atoms with Crippen molar-refractivity contribution in [1.82, 2.24) is 5.32 Å². The summed E-state index contributed by atoms with van der Waals surface area (Å²) in [4.78, 5) is 11.6. The first-order chi connectivity index (χ1) is 8.58. The minimum atomic E-state index is -0.469. The Morgan fingerprint density at radius 1 is 1.50 bits per heavy atom. The van der Waals surface area contributed by atoms with E-state index in [1.807, 2.05) is 6.07 Å². The van der Waals surface area contributed by atoms with Crippen molar-refractivity contribution >= 4 is 35.2 Å². The van der Waals surface area contributed by atoms with E-state index in [1.165, 1.54) is 12.2 Å². The largest absolute Gasteiger partial charge is 0.348 e. The van der Waals surface area contributed by atoms with Crippen molar-refractivity contribution in [1.29, 1.82) is 5.26 Å². The van der Waals surface area contributed by atoms with Crippen molar-refractivity contribution in [2.45, 2.75) is 0 Å². The first-order valence-electron chi connectivity index (χ1n) is 5.04. The maximum atomic E-state index is 11.6. The van der Waals surface area contributed by atoms with Crippen LogP contribution in [0.5, 0.6) is 0 Å². The summed E-state index contributed by atoms with van der Waals surface area (Å²) < 4.78 is 0. The van der Waals surface area contributed by atoms with Gasteiger partial charge in [-0.2, -0.15) is 5.26 Å². The van der Waals surface area contributed by atoms with Crippen LogP contribution in [0.25, 0.3) is 6.08 Å². The summed E-state index contributed by atoms with van der Waals surface area (Å²) in [6.45, 7) is 3.77. The van der Waals surface area contributed by atoms with Gasteiger partial charge in [0.1, 0.15) is 11.6 Å². The first kappa shape index (κ1) is 14.3. The number of benzene rings is 1. The number of amides is 1. The van der Waals surface area contributed by atoms with E-state index in [2.05, 4.69) is 11.9 Å². The van der Waals surface area contributed by atoms with E-state index in [0.717, 1.165) is 0 Å². The average molecular weight is 281 g/mol. The summed E-state index contributed by atoms with van der Waals surface area (Å²) >= 11 is 11.7. The molecule has 1 aromatic carbocycles. The van der Waals surface area contributed by atoms with Gasteiger partial charge in [0.15, 0.2) is 0 Å². The van der Waals surface area contributed by atoms with Crippen LogP contribution < -0.4 is 5.32 Å². The molecule has 0 unspecified atom stereocenters. The van der Waals surface area contributed by atoms with Crippen LogP contribution in [0.2, 0.25) is 10.0 Å². The third kappa shape index (κ3) is 3.92. The maximum absolute atomic E-state index is 11.6. The molecule has 1 rings (SSSR count). The number of carbonyl (C=O) groups is 1. The van der Waals surface area contributed by atoms with Crippen LogP contribution in [-0.4, -0.2) is 12.5 Å². The van der Waals surface area contributed by atoms with E-state index in [-0.39, 0.29) is 5.57 Å². The van der Waals surface area contributed by atoms with Crippen molar-refractivity contribution < 1.29 is 4.79 Å². The van der Waals surface area contributed by atoms with Gasteiger partial charge in [0, 0.05) is 16.6 Å². The molecule has 1 aromatic rings. The third-order valence-corrected chi connectivity index (χ3v) is 2.60. The van der Waals surface area contributed by atoms with Gasteiger partial charge in [0.25, 0.3) is 5.91 Å². The standard InChI is InChI=1S/C13H10Cl2N2O/c1-2-5-17-13(18)10(8-16)6-9-3-4-11(14)7-12(9)15/h2-4,6-7H,1,5H2,(H,17,18). The van der Waals surface area contributed by atoms with Crippen molar-refractivity contribution in [3.63, 3.8) is 0 Å². The molecule has 5 heteroatoms. The van der Waals surface area contributed by atoms with Crippen LogP contribution in [0.15, 0.2) is 36.4 Å². The molecule has 0 radical (unpaired) electrons. The average Bonchev–Trinajstić information content (AvgIpc) is 2.35. The van der Waals surface area contributed by atoms with E-state index < -0.39 is 5.91 Å². The lowest BCUT2D eigenvalue weighted by Gasteiger charge is -2.02. The van der Waals surface area contributed by atoms with E-state index >= 15 is 0 Å². The number of hydrogen-bond donors (Lipinski definition) is 1. The molecule has 0 spiro atoms. The molecule has 92 valence electrons. The second kappa shape index (κ2) is 6.85. The van der Waals surface area contributed by atoms with Crippen LogP contribution in [0.3, 0.4) is 0 Å². The number of nitrogens with one attached hydrogen (secondary N) is 1. The van der Waals surface area contributed by atoms with Crippen LogP contribution in [0.1, 0.15) is 5.56 Å². The van der Waals surface area contributed by atoms with Crippen molar-refractivity contribution in [3.05, 3.63) is 52.0 Å². The normalized spacial score (nSPS) is 10.6. The molecule has 0 aliphatic carbocycles. The quantitative estimate of drug-likeness (QED) is 0.523. The van der Waals surface area contributed by atoms with Crippen LogP contribution in [0, 0.1) is 11.3 Å². The molecule has 0 saturated carbocycles. The molecule has 0 saturated heterocycles. The Balaban J connectivity index is 3.01. The number of nitrogens with zero attached hydrogens (tertiary/aromatic N) is 1. The molecule has 0 aliphatic rings. The molecule has 18 heavy (non-hydrogen) atoms. The molecular weight excluding hydrogens is 271 g/mol. The van der Waals surface area contributed by atoms with Gasteiger partial charge in [-0.3, -0.25) is 4.79 Å². The zero-order chi connectivity index (χ0) is 13.5. The summed E-state index contributed by atoms with van der Waals surface area (Å²) in [5.74, 6) is -0.469. The van der Waals surface area contributed by atoms with Gasteiger partial charge >= 0.3 is 0 Å². The van der Waals surface area contributed by atoms with E-state index in [0.29, 0.717) is 22.2 Å². The Hall–Kier alpha value is -1.76. The highest BCUT2D eigenvalue weighted by atomic mass is 35.5. The summed E-state index contributed by atoms with van der Waals surface area (Å²) in [7, 11) is 0. The Kier molecular flexibility index (Phi) is 5.44. The predicted octanol–water partition coefficient (Wildman–Crippen LogP) is 3.20. The molecular formula is C13H10Cl2N2O. The highest BCUT2D eigenvalue weighted by Crippen LogP contribution is 2.23. The second-order valence-corrected chi connectivity index (χ2v) is 4.18. The Bertz CT molecular complexity index is 544. The zero-order valence-electron chi connectivity index (χ0n) is 9.41. The Morgan fingerprint density at radius 2 is 2.22 bits per heavy atom. The van der Waals surface area contributed by atoms with Gasteiger partial charge in [-0.05, 0) is 23.8 Å². The summed E-state index contributed by atoms with van der Waals surface area (Å²) in [5, 5.41) is 12.3. The number of nitriles is 1. The summed E-state index contributed by atoms with van der Waals surface area (Å²) in [6.07, 6.45) is 2.94. The van der Waals surface area contributed by atoms with Crippen LogP contribution in [-0.2, 0) is 4.79 Å². The minimum absolute atomic E-state index is 0.0268.